The Morgan fingerprint density at radius 1 is 1.11 bits per heavy atom. The SMILES string of the molecule is Cc1cc(Nc2c(C#N)cnc3c(Cl)cc(N[C@H](C4=CN(C5CCN(C(C)(C)C)CC5)NN4)c4cccnc4)cc23)ccc1F. The van der Waals surface area contributed by atoms with Gasteiger partial charge in [-0.2, -0.15) is 5.26 Å². The zero-order chi connectivity index (χ0) is 31.7. The van der Waals surface area contributed by atoms with Gasteiger partial charge in [0, 0.05) is 66.2 Å². The average Bonchev–Trinajstić information content (AvgIpc) is 3.52. The van der Waals surface area contributed by atoms with Crippen molar-refractivity contribution in [3.05, 3.63) is 100 Å². The molecule has 45 heavy (non-hydrogen) atoms. The normalized spacial score (nSPS) is 16.6. The minimum Gasteiger partial charge on any atom is -0.373 e. The smallest absolute Gasteiger partial charge is 0.126 e. The van der Waals surface area contributed by atoms with Crippen LogP contribution in [0, 0.1) is 24.1 Å². The third kappa shape index (κ3) is 6.52. The van der Waals surface area contributed by atoms with Crippen molar-refractivity contribution in [3.8, 4) is 6.07 Å². The molecular formula is C34H37ClFN9. The molecular weight excluding hydrogens is 589 g/mol. The fourth-order valence-corrected chi connectivity index (χ4v) is 6.25. The second-order valence-electron chi connectivity index (χ2n) is 12.6. The molecule has 0 radical (unpaired) electrons. The van der Waals surface area contributed by atoms with E-state index in [0.29, 0.717) is 44.5 Å². The van der Waals surface area contributed by atoms with Crippen molar-refractivity contribution in [1.29, 1.82) is 5.26 Å². The number of nitrogens with zero attached hydrogens (tertiary/aromatic N) is 5. The van der Waals surface area contributed by atoms with Crippen LogP contribution < -0.4 is 21.6 Å². The summed E-state index contributed by atoms with van der Waals surface area (Å²) in [6, 6.07) is 14.7. The topological polar surface area (TPSA) is 104 Å². The highest BCUT2D eigenvalue weighted by Crippen LogP contribution is 2.37. The number of aryl methyl sites for hydroxylation is 1. The van der Waals surface area contributed by atoms with Gasteiger partial charge in [0.1, 0.15) is 11.9 Å². The molecule has 2 aromatic heterocycles. The first-order valence-corrected chi connectivity index (χ1v) is 15.5. The van der Waals surface area contributed by atoms with E-state index in [4.69, 9.17) is 11.6 Å². The number of aromatic nitrogens is 2. The number of piperidine rings is 1. The predicted octanol–water partition coefficient (Wildman–Crippen LogP) is 6.93. The van der Waals surface area contributed by atoms with Gasteiger partial charge in [-0.25, -0.2) is 4.39 Å². The van der Waals surface area contributed by atoms with E-state index in [1.807, 2.05) is 30.5 Å². The zero-order valence-corrected chi connectivity index (χ0v) is 26.6. The van der Waals surface area contributed by atoms with Crippen LogP contribution in [-0.4, -0.2) is 44.5 Å². The number of benzene rings is 2. The number of halogens is 2. The van der Waals surface area contributed by atoms with E-state index in [9.17, 15) is 9.65 Å². The second-order valence-corrected chi connectivity index (χ2v) is 13.0. The van der Waals surface area contributed by atoms with Gasteiger partial charge < -0.3 is 16.1 Å². The minimum atomic E-state index is -0.296. The van der Waals surface area contributed by atoms with E-state index in [1.165, 1.54) is 12.3 Å². The number of rotatable bonds is 7. The number of nitriles is 1. The van der Waals surface area contributed by atoms with Gasteiger partial charge >= 0.3 is 0 Å². The molecule has 6 rings (SSSR count). The maximum absolute atomic E-state index is 14.0. The van der Waals surface area contributed by atoms with Gasteiger partial charge in [-0.05, 0) is 88.1 Å². The van der Waals surface area contributed by atoms with Crippen LogP contribution in [-0.2, 0) is 0 Å². The van der Waals surface area contributed by atoms with E-state index >= 15 is 0 Å². The van der Waals surface area contributed by atoms with Crippen molar-refractivity contribution < 1.29 is 4.39 Å². The first-order valence-electron chi connectivity index (χ1n) is 15.1. The van der Waals surface area contributed by atoms with E-state index in [2.05, 4.69) is 74.5 Å². The van der Waals surface area contributed by atoms with Crippen LogP contribution in [0.3, 0.4) is 0 Å². The van der Waals surface area contributed by atoms with E-state index < -0.39 is 0 Å². The molecule has 2 aromatic carbocycles. The van der Waals surface area contributed by atoms with E-state index in [0.717, 1.165) is 42.9 Å². The van der Waals surface area contributed by atoms with Gasteiger partial charge in [0.2, 0.25) is 0 Å². The van der Waals surface area contributed by atoms with Crippen LogP contribution in [0.1, 0.15) is 56.3 Å². The third-order valence-electron chi connectivity index (χ3n) is 8.53. The highest BCUT2D eigenvalue weighted by Gasteiger charge is 2.32. The van der Waals surface area contributed by atoms with Crippen LogP contribution in [0.4, 0.5) is 21.5 Å². The lowest BCUT2D eigenvalue weighted by Gasteiger charge is -2.42. The van der Waals surface area contributed by atoms with E-state index in [1.54, 1.807) is 25.3 Å². The number of hydrogen-bond donors (Lipinski definition) is 4. The molecule has 0 aliphatic carbocycles. The Morgan fingerprint density at radius 2 is 1.91 bits per heavy atom. The Kier molecular flexibility index (Phi) is 8.51. The maximum Gasteiger partial charge on any atom is 0.126 e. The molecule has 1 saturated heterocycles. The lowest BCUT2D eigenvalue weighted by molar-refractivity contribution is 0.0570. The number of hydrogen-bond acceptors (Lipinski definition) is 9. The van der Waals surface area contributed by atoms with Crippen LogP contribution in [0.2, 0.25) is 5.02 Å². The summed E-state index contributed by atoms with van der Waals surface area (Å²) >= 11 is 6.81. The van der Waals surface area contributed by atoms with Gasteiger partial charge in [0.25, 0.3) is 0 Å². The van der Waals surface area contributed by atoms with Crippen LogP contribution >= 0.6 is 11.6 Å². The van der Waals surface area contributed by atoms with Gasteiger partial charge in [0.15, 0.2) is 0 Å². The highest BCUT2D eigenvalue weighted by atomic mass is 35.5. The van der Waals surface area contributed by atoms with Crippen molar-refractivity contribution >= 4 is 39.6 Å². The Morgan fingerprint density at radius 3 is 2.60 bits per heavy atom. The summed E-state index contributed by atoms with van der Waals surface area (Å²) in [5.74, 6) is -0.296. The standard InChI is InChI=1S/C34H37ClFN9/c1-21-14-24(7-8-29(21)36)40-31-23(17-37)19-39-33-27(31)15-25(16-28(33)35)41-32(22-6-5-11-38-18-22)30-20-45(43-42-30)26-9-12-44(13-10-26)34(2,3)4/h5-8,11,14-16,18-20,26,32,41-43H,9-10,12-13H2,1-4H3,(H,39,40)/t32-/m0/s1. The van der Waals surface area contributed by atoms with Gasteiger partial charge in [-0.3, -0.25) is 19.9 Å². The molecule has 11 heteroatoms. The van der Waals surface area contributed by atoms with Crippen LogP contribution in [0.5, 0.6) is 0 Å². The summed E-state index contributed by atoms with van der Waals surface area (Å²) < 4.78 is 14.0. The molecule has 9 nitrogen and oxygen atoms in total. The minimum absolute atomic E-state index is 0.163. The molecule has 0 saturated carbocycles. The predicted molar refractivity (Wildman–Crippen MR) is 177 cm³/mol. The summed E-state index contributed by atoms with van der Waals surface area (Å²) in [6.45, 7) is 10.6. The fourth-order valence-electron chi connectivity index (χ4n) is 5.98. The first kappa shape index (κ1) is 30.6. The molecule has 0 bridgehead atoms. The fraction of sp³-hybridized carbons (Fsp3) is 0.324. The summed E-state index contributed by atoms with van der Waals surface area (Å²) in [4.78, 5) is 11.4. The molecule has 0 amide bonds. The van der Waals surface area contributed by atoms with Crippen molar-refractivity contribution in [2.24, 2.45) is 0 Å². The quantitative estimate of drug-likeness (QED) is 0.174. The third-order valence-corrected chi connectivity index (χ3v) is 8.81. The number of pyridine rings is 2. The molecule has 0 unspecified atom stereocenters. The van der Waals surface area contributed by atoms with Crippen molar-refractivity contribution in [1.82, 2.24) is 30.8 Å². The summed E-state index contributed by atoms with van der Waals surface area (Å²) in [5.41, 5.74) is 12.1. The van der Waals surface area contributed by atoms with Gasteiger partial charge in [0.05, 0.1) is 33.5 Å². The maximum atomic E-state index is 14.0. The molecule has 232 valence electrons. The molecule has 4 N–H and O–H groups in total. The molecule has 0 spiro atoms. The van der Waals surface area contributed by atoms with Crippen LogP contribution in [0.15, 0.2) is 73.0 Å². The van der Waals surface area contributed by atoms with Crippen molar-refractivity contribution in [2.45, 2.75) is 58.2 Å². The lowest BCUT2D eigenvalue weighted by atomic mass is 9.98. The number of likely N-dealkylation sites (tertiary alicyclic amines) is 1. The Bertz CT molecular complexity index is 1770. The van der Waals surface area contributed by atoms with Crippen molar-refractivity contribution in [3.63, 3.8) is 0 Å². The number of anilines is 3. The summed E-state index contributed by atoms with van der Waals surface area (Å²) in [7, 11) is 0. The largest absolute Gasteiger partial charge is 0.373 e. The Labute approximate surface area is 268 Å². The summed E-state index contributed by atoms with van der Waals surface area (Å²) in [5, 5.41) is 20.2. The summed E-state index contributed by atoms with van der Waals surface area (Å²) in [6.07, 6.45) is 9.33. The lowest BCUT2D eigenvalue weighted by Crippen LogP contribution is -2.52. The second kappa shape index (κ2) is 12.5. The number of nitrogens with one attached hydrogen (secondary N) is 4. The molecule has 2 aliphatic rings. The Balaban J connectivity index is 1.33. The van der Waals surface area contributed by atoms with E-state index in [-0.39, 0.29) is 17.4 Å². The Hall–Kier alpha value is -4.43. The number of hydrazine groups is 2. The van der Waals surface area contributed by atoms with Gasteiger partial charge in [-0.15, -0.1) is 5.53 Å². The molecule has 4 heterocycles. The first-order chi connectivity index (χ1) is 21.6. The number of fused-ring (bicyclic) bond motifs is 1. The van der Waals surface area contributed by atoms with Gasteiger partial charge in [-0.1, -0.05) is 17.7 Å². The molecule has 4 aromatic rings. The van der Waals surface area contributed by atoms with Crippen LogP contribution in [0.25, 0.3) is 10.9 Å². The average molecular weight is 626 g/mol. The van der Waals surface area contributed by atoms with Crippen molar-refractivity contribution in [2.75, 3.05) is 23.7 Å². The monoisotopic (exact) mass is 625 g/mol. The highest BCUT2D eigenvalue weighted by molar-refractivity contribution is 6.36. The molecule has 1 atom stereocenters. The molecule has 2 aliphatic heterocycles. The zero-order valence-electron chi connectivity index (χ0n) is 25.8. The molecule has 1 fully saturated rings.